The summed E-state index contributed by atoms with van der Waals surface area (Å²) in [6.07, 6.45) is 6.66. The maximum atomic E-state index is 5.56. The molecule has 0 saturated heterocycles. The molecule has 0 unspecified atom stereocenters. The van der Waals surface area contributed by atoms with Gasteiger partial charge in [-0.1, -0.05) is 0 Å². The molecule has 2 N–H and O–H groups in total. The highest BCUT2D eigenvalue weighted by Crippen LogP contribution is 2.09. The highest BCUT2D eigenvalue weighted by atomic mass is 32.1. The third-order valence-corrected chi connectivity index (χ3v) is 2.99. The molecule has 78 valence electrons. The third-order valence-electron chi connectivity index (χ3n) is 2.15. The Kier molecular flexibility index (Phi) is 3.29. The lowest BCUT2D eigenvalue weighted by molar-refractivity contribution is 0.794. The van der Waals surface area contributed by atoms with E-state index in [4.69, 9.17) is 5.73 Å². The summed E-state index contributed by atoms with van der Waals surface area (Å²) in [5, 5.41) is 3.21. The molecule has 0 amide bonds. The summed E-state index contributed by atoms with van der Waals surface area (Å²) < 4.78 is 0. The maximum absolute atomic E-state index is 5.56. The van der Waals surface area contributed by atoms with Crippen LogP contribution in [-0.2, 0) is 12.8 Å². The first kappa shape index (κ1) is 10.1. The van der Waals surface area contributed by atoms with Gasteiger partial charge in [0, 0.05) is 17.3 Å². The van der Waals surface area contributed by atoms with Gasteiger partial charge in [-0.25, -0.2) is 4.98 Å². The number of aryl methyl sites for hydroxylation is 2. The van der Waals surface area contributed by atoms with Crippen LogP contribution in [0.3, 0.4) is 0 Å². The van der Waals surface area contributed by atoms with Crippen LogP contribution in [0.1, 0.15) is 17.1 Å². The molecule has 2 aromatic heterocycles. The Morgan fingerprint density at radius 1 is 1.20 bits per heavy atom. The predicted octanol–water partition coefficient (Wildman–Crippen LogP) is 2.30. The van der Waals surface area contributed by atoms with Crippen LogP contribution in [0.15, 0.2) is 29.9 Å². The Balaban J connectivity index is 1.81. The summed E-state index contributed by atoms with van der Waals surface area (Å²) in [6, 6.07) is 3.88. The highest BCUT2D eigenvalue weighted by molar-refractivity contribution is 7.09. The standard InChI is InChI=1S/C11H13N3S/c12-9-4-5-10(14-8-9)2-1-3-11-13-6-7-15-11/h4-8H,1-3,12H2. The number of hydrogen-bond donors (Lipinski definition) is 1. The van der Waals surface area contributed by atoms with Crippen LogP contribution in [0.2, 0.25) is 0 Å². The fraction of sp³-hybridized carbons (Fsp3) is 0.273. The van der Waals surface area contributed by atoms with Gasteiger partial charge < -0.3 is 5.73 Å². The van der Waals surface area contributed by atoms with E-state index >= 15 is 0 Å². The van der Waals surface area contributed by atoms with Crippen molar-refractivity contribution in [1.29, 1.82) is 0 Å². The smallest absolute Gasteiger partial charge is 0.0924 e. The second kappa shape index (κ2) is 4.89. The zero-order valence-electron chi connectivity index (χ0n) is 8.39. The molecule has 0 aliphatic heterocycles. The highest BCUT2D eigenvalue weighted by Gasteiger charge is 1.98. The minimum Gasteiger partial charge on any atom is -0.397 e. The average Bonchev–Trinajstić information content (AvgIpc) is 2.74. The molecule has 0 saturated carbocycles. The van der Waals surface area contributed by atoms with E-state index in [0.717, 1.165) is 30.6 Å². The van der Waals surface area contributed by atoms with Crippen molar-refractivity contribution < 1.29 is 0 Å². The van der Waals surface area contributed by atoms with E-state index in [1.54, 1.807) is 17.5 Å². The third kappa shape index (κ3) is 3.02. The summed E-state index contributed by atoms with van der Waals surface area (Å²) in [5.41, 5.74) is 7.38. The number of hydrogen-bond acceptors (Lipinski definition) is 4. The molecule has 0 atom stereocenters. The largest absolute Gasteiger partial charge is 0.397 e. The lowest BCUT2D eigenvalue weighted by Gasteiger charge is -1.99. The summed E-state index contributed by atoms with van der Waals surface area (Å²) in [5.74, 6) is 0. The molecule has 2 heterocycles. The molecular weight excluding hydrogens is 206 g/mol. The van der Waals surface area contributed by atoms with E-state index in [0.29, 0.717) is 0 Å². The van der Waals surface area contributed by atoms with Gasteiger partial charge in [0.15, 0.2) is 0 Å². The number of aromatic nitrogens is 2. The molecule has 0 fully saturated rings. The van der Waals surface area contributed by atoms with Crippen LogP contribution in [0.4, 0.5) is 5.69 Å². The van der Waals surface area contributed by atoms with Crippen LogP contribution >= 0.6 is 11.3 Å². The Bertz CT molecular complexity index is 394. The minimum atomic E-state index is 0.721. The fourth-order valence-corrected chi connectivity index (χ4v) is 2.04. The zero-order valence-corrected chi connectivity index (χ0v) is 9.20. The second-order valence-corrected chi connectivity index (χ2v) is 4.34. The lowest BCUT2D eigenvalue weighted by Crippen LogP contribution is -1.94. The van der Waals surface area contributed by atoms with E-state index in [1.165, 1.54) is 5.01 Å². The molecule has 4 heteroatoms. The first-order chi connectivity index (χ1) is 7.34. The average molecular weight is 219 g/mol. The van der Waals surface area contributed by atoms with Crippen molar-refractivity contribution in [3.8, 4) is 0 Å². The number of pyridine rings is 1. The molecular formula is C11H13N3S. The number of anilines is 1. The zero-order chi connectivity index (χ0) is 10.5. The molecule has 3 nitrogen and oxygen atoms in total. The van der Waals surface area contributed by atoms with E-state index in [1.807, 2.05) is 23.7 Å². The molecule has 0 aliphatic rings. The molecule has 2 rings (SSSR count). The molecule has 0 radical (unpaired) electrons. The second-order valence-electron chi connectivity index (χ2n) is 3.36. The van der Waals surface area contributed by atoms with Crippen molar-refractivity contribution in [1.82, 2.24) is 9.97 Å². The normalized spacial score (nSPS) is 10.4. The van der Waals surface area contributed by atoms with Crippen molar-refractivity contribution in [2.45, 2.75) is 19.3 Å². The quantitative estimate of drug-likeness (QED) is 0.858. The van der Waals surface area contributed by atoms with Crippen LogP contribution in [-0.4, -0.2) is 9.97 Å². The molecule has 0 spiro atoms. The Morgan fingerprint density at radius 3 is 2.80 bits per heavy atom. The molecule has 15 heavy (non-hydrogen) atoms. The van der Waals surface area contributed by atoms with Gasteiger partial charge >= 0.3 is 0 Å². The fourth-order valence-electron chi connectivity index (χ4n) is 1.38. The SMILES string of the molecule is Nc1ccc(CCCc2nccs2)nc1. The van der Waals surface area contributed by atoms with Gasteiger partial charge in [-0.15, -0.1) is 11.3 Å². The first-order valence-electron chi connectivity index (χ1n) is 4.93. The van der Waals surface area contributed by atoms with Crippen LogP contribution in [0, 0.1) is 0 Å². The van der Waals surface area contributed by atoms with Gasteiger partial charge in [-0.3, -0.25) is 4.98 Å². The van der Waals surface area contributed by atoms with E-state index in [9.17, 15) is 0 Å². The molecule has 0 aliphatic carbocycles. The van der Waals surface area contributed by atoms with E-state index in [-0.39, 0.29) is 0 Å². The summed E-state index contributed by atoms with van der Waals surface area (Å²) in [6.45, 7) is 0. The summed E-state index contributed by atoms with van der Waals surface area (Å²) >= 11 is 1.71. The van der Waals surface area contributed by atoms with Crippen LogP contribution < -0.4 is 5.73 Å². The van der Waals surface area contributed by atoms with Crippen molar-refractivity contribution >= 4 is 17.0 Å². The van der Waals surface area contributed by atoms with E-state index in [2.05, 4.69) is 9.97 Å². The summed E-state index contributed by atoms with van der Waals surface area (Å²) in [7, 11) is 0. The molecule has 0 bridgehead atoms. The molecule has 2 aromatic rings. The van der Waals surface area contributed by atoms with Crippen molar-refractivity contribution in [3.05, 3.63) is 40.6 Å². The Hall–Kier alpha value is -1.42. The van der Waals surface area contributed by atoms with Gasteiger partial charge in [0.2, 0.25) is 0 Å². The Labute approximate surface area is 93.0 Å². The number of thiazole rings is 1. The number of rotatable bonds is 4. The van der Waals surface area contributed by atoms with Crippen molar-refractivity contribution in [3.63, 3.8) is 0 Å². The number of nitrogens with two attached hydrogens (primary N) is 1. The lowest BCUT2D eigenvalue weighted by atomic mass is 10.2. The first-order valence-corrected chi connectivity index (χ1v) is 5.81. The van der Waals surface area contributed by atoms with Gasteiger partial charge in [-0.2, -0.15) is 0 Å². The van der Waals surface area contributed by atoms with Crippen molar-refractivity contribution in [2.75, 3.05) is 5.73 Å². The van der Waals surface area contributed by atoms with Crippen LogP contribution in [0.5, 0.6) is 0 Å². The van der Waals surface area contributed by atoms with Gasteiger partial charge in [0.05, 0.1) is 16.9 Å². The van der Waals surface area contributed by atoms with Gasteiger partial charge in [-0.05, 0) is 31.4 Å². The summed E-state index contributed by atoms with van der Waals surface area (Å²) in [4.78, 5) is 8.49. The Morgan fingerprint density at radius 2 is 2.13 bits per heavy atom. The maximum Gasteiger partial charge on any atom is 0.0924 e. The number of nitrogen functional groups attached to an aromatic ring is 1. The van der Waals surface area contributed by atoms with E-state index < -0.39 is 0 Å². The predicted molar refractivity (Wildman–Crippen MR) is 62.8 cm³/mol. The van der Waals surface area contributed by atoms with Gasteiger partial charge in [0.1, 0.15) is 0 Å². The van der Waals surface area contributed by atoms with Gasteiger partial charge in [0.25, 0.3) is 0 Å². The topological polar surface area (TPSA) is 51.8 Å². The minimum absolute atomic E-state index is 0.721. The van der Waals surface area contributed by atoms with Crippen LogP contribution in [0.25, 0.3) is 0 Å². The molecule has 0 aromatic carbocycles. The monoisotopic (exact) mass is 219 g/mol. The number of nitrogens with zero attached hydrogens (tertiary/aromatic N) is 2. The van der Waals surface area contributed by atoms with Crippen molar-refractivity contribution in [2.24, 2.45) is 0 Å².